The van der Waals surface area contributed by atoms with Gasteiger partial charge >= 0.3 is 0 Å². The number of pyridine rings is 1. The average molecular weight is 383 g/mol. The van der Waals surface area contributed by atoms with Gasteiger partial charge in [0.1, 0.15) is 6.33 Å². The van der Waals surface area contributed by atoms with Crippen molar-refractivity contribution >= 4 is 21.8 Å². The van der Waals surface area contributed by atoms with Crippen LogP contribution in [0.3, 0.4) is 0 Å². The van der Waals surface area contributed by atoms with Crippen molar-refractivity contribution in [2.45, 2.75) is 13.0 Å². The van der Waals surface area contributed by atoms with Gasteiger partial charge in [0.25, 0.3) is 0 Å². The Kier molecular flexibility index (Phi) is 5.28. The fourth-order valence-corrected chi connectivity index (χ4v) is 2.51. The molecule has 5 nitrogen and oxygen atoms in total. The molecule has 1 N–H and O–H groups in total. The van der Waals surface area contributed by atoms with Crippen LogP contribution in [-0.2, 0) is 17.8 Å². The Bertz CT molecular complexity index is 822. The third kappa shape index (κ3) is 4.45. The molecule has 0 aliphatic heterocycles. The Morgan fingerprint density at radius 3 is 2.38 bits per heavy atom. The fourth-order valence-electron chi connectivity index (χ4n) is 2.24. The van der Waals surface area contributed by atoms with Crippen molar-refractivity contribution < 1.29 is 4.79 Å². The minimum Gasteiger partial charge on any atom is -0.352 e. The van der Waals surface area contributed by atoms with E-state index in [2.05, 4.69) is 36.2 Å². The standard InChI is InChI=1S/C18H15BrN4O/c19-17-3-1-13(2-4-17)6-18(24)23-8-14-5-15(9-20-7-14)16-10-21-12-22-11-16/h1-5,7,9-12H,6,8H2,(H,23,24). The third-order valence-electron chi connectivity index (χ3n) is 3.46. The van der Waals surface area contributed by atoms with E-state index >= 15 is 0 Å². The van der Waals surface area contributed by atoms with E-state index in [0.29, 0.717) is 13.0 Å². The van der Waals surface area contributed by atoms with Crippen molar-refractivity contribution in [3.05, 3.63) is 77.0 Å². The molecule has 1 amide bonds. The van der Waals surface area contributed by atoms with Gasteiger partial charge in [-0.25, -0.2) is 9.97 Å². The predicted octanol–water partition coefficient (Wildman–Crippen LogP) is 3.16. The summed E-state index contributed by atoms with van der Waals surface area (Å²) in [6, 6.07) is 9.70. The second-order valence-electron chi connectivity index (χ2n) is 5.29. The van der Waals surface area contributed by atoms with Crippen molar-refractivity contribution in [3.63, 3.8) is 0 Å². The third-order valence-corrected chi connectivity index (χ3v) is 3.99. The largest absolute Gasteiger partial charge is 0.352 e. The molecule has 0 spiro atoms. The molecule has 0 saturated carbocycles. The van der Waals surface area contributed by atoms with E-state index in [1.807, 2.05) is 30.3 Å². The number of hydrogen-bond donors (Lipinski definition) is 1. The van der Waals surface area contributed by atoms with Gasteiger partial charge in [0.05, 0.1) is 6.42 Å². The highest BCUT2D eigenvalue weighted by Gasteiger charge is 2.05. The maximum Gasteiger partial charge on any atom is 0.224 e. The number of amides is 1. The zero-order chi connectivity index (χ0) is 16.8. The van der Waals surface area contributed by atoms with E-state index in [9.17, 15) is 4.79 Å². The fraction of sp³-hybridized carbons (Fsp3) is 0.111. The molecule has 1 aromatic carbocycles. The number of carbonyl (C=O) groups excluding carboxylic acids is 1. The molecule has 6 heteroatoms. The summed E-state index contributed by atoms with van der Waals surface area (Å²) in [6.45, 7) is 0.434. The lowest BCUT2D eigenvalue weighted by Crippen LogP contribution is -2.24. The van der Waals surface area contributed by atoms with Gasteiger partial charge in [-0.3, -0.25) is 9.78 Å². The second-order valence-corrected chi connectivity index (χ2v) is 6.20. The zero-order valence-corrected chi connectivity index (χ0v) is 14.4. The minimum absolute atomic E-state index is 0.0224. The molecule has 24 heavy (non-hydrogen) atoms. The summed E-state index contributed by atoms with van der Waals surface area (Å²) in [6.07, 6.45) is 8.81. The monoisotopic (exact) mass is 382 g/mol. The number of rotatable bonds is 5. The van der Waals surface area contributed by atoms with Gasteiger partial charge in [-0.1, -0.05) is 28.1 Å². The van der Waals surface area contributed by atoms with Gasteiger partial charge in [-0.05, 0) is 29.3 Å². The van der Waals surface area contributed by atoms with Crippen LogP contribution in [0.2, 0.25) is 0 Å². The Balaban J connectivity index is 1.60. The molecule has 2 aromatic heterocycles. The van der Waals surface area contributed by atoms with Gasteiger partial charge in [-0.2, -0.15) is 0 Å². The van der Waals surface area contributed by atoms with Crippen LogP contribution in [0.5, 0.6) is 0 Å². The summed E-state index contributed by atoms with van der Waals surface area (Å²) in [4.78, 5) is 24.3. The molecule has 3 aromatic rings. The second kappa shape index (κ2) is 7.79. The summed E-state index contributed by atoms with van der Waals surface area (Å²) < 4.78 is 0.999. The molecule has 0 unspecified atom stereocenters. The number of nitrogens with one attached hydrogen (secondary N) is 1. The Morgan fingerprint density at radius 1 is 0.917 bits per heavy atom. The van der Waals surface area contributed by atoms with E-state index < -0.39 is 0 Å². The zero-order valence-electron chi connectivity index (χ0n) is 12.8. The first-order valence-electron chi connectivity index (χ1n) is 7.41. The van der Waals surface area contributed by atoms with Crippen molar-refractivity contribution in [1.29, 1.82) is 0 Å². The van der Waals surface area contributed by atoms with Crippen LogP contribution in [0, 0.1) is 0 Å². The lowest BCUT2D eigenvalue weighted by Gasteiger charge is -2.07. The molecule has 120 valence electrons. The van der Waals surface area contributed by atoms with Crippen molar-refractivity contribution in [2.24, 2.45) is 0 Å². The summed E-state index contributed by atoms with van der Waals surface area (Å²) >= 11 is 3.38. The highest BCUT2D eigenvalue weighted by atomic mass is 79.9. The molecular formula is C18H15BrN4O. The number of carbonyl (C=O) groups is 1. The number of hydrogen-bond acceptors (Lipinski definition) is 4. The van der Waals surface area contributed by atoms with Crippen LogP contribution >= 0.6 is 15.9 Å². The molecule has 0 saturated heterocycles. The lowest BCUT2D eigenvalue weighted by molar-refractivity contribution is -0.120. The Hall–Kier alpha value is -2.60. The number of benzene rings is 1. The van der Waals surface area contributed by atoms with E-state index in [4.69, 9.17) is 0 Å². The molecular weight excluding hydrogens is 368 g/mol. The van der Waals surface area contributed by atoms with E-state index in [0.717, 1.165) is 26.7 Å². The average Bonchev–Trinajstić information content (AvgIpc) is 2.63. The molecule has 3 rings (SSSR count). The van der Waals surface area contributed by atoms with Crippen molar-refractivity contribution in [1.82, 2.24) is 20.3 Å². The van der Waals surface area contributed by atoms with Crippen molar-refractivity contribution in [2.75, 3.05) is 0 Å². The van der Waals surface area contributed by atoms with E-state index in [1.165, 1.54) is 6.33 Å². The highest BCUT2D eigenvalue weighted by molar-refractivity contribution is 9.10. The molecule has 0 fully saturated rings. The first kappa shape index (κ1) is 16.3. The lowest BCUT2D eigenvalue weighted by atomic mass is 10.1. The van der Waals surface area contributed by atoms with Crippen molar-refractivity contribution in [3.8, 4) is 11.1 Å². The summed E-state index contributed by atoms with van der Waals surface area (Å²) in [5, 5.41) is 2.92. The molecule has 0 aliphatic rings. The Morgan fingerprint density at radius 2 is 1.62 bits per heavy atom. The van der Waals surface area contributed by atoms with Crippen LogP contribution < -0.4 is 5.32 Å². The summed E-state index contributed by atoms with van der Waals surface area (Å²) in [5.74, 6) is -0.0224. The quantitative estimate of drug-likeness (QED) is 0.735. The maximum atomic E-state index is 12.1. The molecule has 0 radical (unpaired) electrons. The highest BCUT2D eigenvalue weighted by Crippen LogP contribution is 2.17. The van der Waals surface area contributed by atoms with Gasteiger partial charge < -0.3 is 5.32 Å². The normalized spacial score (nSPS) is 10.4. The van der Waals surface area contributed by atoms with Crippen LogP contribution in [0.25, 0.3) is 11.1 Å². The van der Waals surface area contributed by atoms with Gasteiger partial charge in [0.15, 0.2) is 0 Å². The van der Waals surface area contributed by atoms with Gasteiger partial charge in [0.2, 0.25) is 5.91 Å². The molecule has 0 aliphatic carbocycles. The predicted molar refractivity (Wildman–Crippen MR) is 95.0 cm³/mol. The molecule has 2 heterocycles. The SMILES string of the molecule is O=C(Cc1ccc(Br)cc1)NCc1cncc(-c2cncnc2)c1. The first-order valence-corrected chi connectivity index (χ1v) is 8.20. The van der Waals surface area contributed by atoms with Gasteiger partial charge in [-0.15, -0.1) is 0 Å². The van der Waals surface area contributed by atoms with Crippen LogP contribution in [-0.4, -0.2) is 20.9 Å². The molecule has 0 atom stereocenters. The van der Waals surface area contributed by atoms with Crippen LogP contribution in [0.15, 0.2) is 65.9 Å². The number of aromatic nitrogens is 3. The minimum atomic E-state index is -0.0224. The van der Waals surface area contributed by atoms with Crippen LogP contribution in [0.4, 0.5) is 0 Å². The molecule has 0 bridgehead atoms. The van der Waals surface area contributed by atoms with E-state index in [-0.39, 0.29) is 5.91 Å². The topological polar surface area (TPSA) is 67.8 Å². The van der Waals surface area contributed by atoms with Crippen LogP contribution in [0.1, 0.15) is 11.1 Å². The Labute approximate surface area is 148 Å². The maximum absolute atomic E-state index is 12.1. The smallest absolute Gasteiger partial charge is 0.224 e. The summed E-state index contributed by atoms with van der Waals surface area (Å²) in [7, 11) is 0. The first-order chi connectivity index (χ1) is 11.7. The number of halogens is 1. The van der Waals surface area contributed by atoms with E-state index in [1.54, 1.807) is 24.8 Å². The number of nitrogens with zero attached hydrogens (tertiary/aromatic N) is 3. The summed E-state index contributed by atoms with van der Waals surface area (Å²) in [5.41, 5.74) is 3.73. The van der Waals surface area contributed by atoms with Gasteiger partial charge in [0, 0.05) is 46.9 Å².